The van der Waals surface area contributed by atoms with Crippen LogP contribution in [0.3, 0.4) is 0 Å². The summed E-state index contributed by atoms with van der Waals surface area (Å²) in [5.74, 6) is 0.856. The third-order valence-corrected chi connectivity index (χ3v) is 4.42. The molecule has 1 heterocycles. The molecule has 2 atom stereocenters. The molecule has 3 aromatic rings. The van der Waals surface area contributed by atoms with Crippen LogP contribution in [0.5, 0.6) is 5.75 Å². The zero-order chi connectivity index (χ0) is 15.6. The predicted molar refractivity (Wildman–Crippen MR) is 92.8 cm³/mol. The second kappa shape index (κ2) is 5.84. The highest BCUT2D eigenvalue weighted by molar-refractivity contribution is 5.86. The van der Waals surface area contributed by atoms with Gasteiger partial charge in [0.1, 0.15) is 10.9 Å². The third-order valence-electron chi connectivity index (χ3n) is 4.42. The number of hydrogen-bond acceptors (Lipinski definition) is 2. The Hall–Kier alpha value is -2.68. The van der Waals surface area contributed by atoms with Crippen LogP contribution in [0.15, 0.2) is 71.9 Å². The van der Waals surface area contributed by atoms with E-state index in [-0.39, 0.29) is 12.1 Å². The molecule has 0 spiro atoms. The average molecular weight is 304 g/mol. The summed E-state index contributed by atoms with van der Waals surface area (Å²) >= 11 is 0. The summed E-state index contributed by atoms with van der Waals surface area (Å²) in [5.41, 5.74) is 2.37. The SMILES string of the molecule is COc1ccc(C2CC(c3cccc4ccccc34)N=[O+]2)cc1. The Morgan fingerprint density at radius 3 is 2.57 bits per heavy atom. The van der Waals surface area contributed by atoms with Crippen LogP contribution in [0.25, 0.3) is 10.8 Å². The predicted octanol–water partition coefficient (Wildman–Crippen LogP) is 5.34. The van der Waals surface area contributed by atoms with Gasteiger partial charge in [-0.1, -0.05) is 42.5 Å². The van der Waals surface area contributed by atoms with Crippen LogP contribution in [0.4, 0.5) is 0 Å². The monoisotopic (exact) mass is 304 g/mol. The number of nitrogens with zero attached hydrogens (tertiary/aromatic N) is 1. The highest BCUT2D eigenvalue weighted by atomic mass is 16.5. The van der Waals surface area contributed by atoms with Gasteiger partial charge in [-0.2, -0.15) is 0 Å². The van der Waals surface area contributed by atoms with Crippen molar-refractivity contribution in [2.24, 2.45) is 5.18 Å². The lowest BCUT2D eigenvalue weighted by Crippen LogP contribution is -1.98. The number of methoxy groups -OCH3 is 1. The number of benzene rings is 3. The lowest BCUT2D eigenvalue weighted by molar-refractivity contribution is 0.414. The summed E-state index contributed by atoms with van der Waals surface area (Å²) in [6.07, 6.45) is 0.866. The summed E-state index contributed by atoms with van der Waals surface area (Å²) in [7, 11) is 1.67. The number of nitroso groups, excluding NO2 is 1. The lowest BCUT2D eigenvalue weighted by atomic mass is 9.94. The minimum atomic E-state index is 0.00451. The first-order chi connectivity index (χ1) is 11.3. The van der Waals surface area contributed by atoms with Gasteiger partial charge in [-0.15, -0.1) is 4.54 Å². The second-order valence-corrected chi connectivity index (χ2v) is 5.79. The molecule has 23 heavy (non-hydrogen) atoms. The van der Waals surface area contributed by atoms with E-state index in [1.165, 1.54) is 16.3 Å². The standard InChI is InChI=1S/C20H18NO2/c1-22-16-11-9-15(10-12-16)20-13-19(21-23-20)18-8-4-6-14-5-2-3-7-17(14)18/h2-12,19-20H,13H2,1H3/q+1. The maximum Gasteiger partial charge on any atom is 0.342 e. The van der Waals surface area contributed by atoms with Gasteiger partial charge >= 0.3 is 6.10 Å². The molecule has 0 aromatic heterocycles. The summed E-state index contributed by atoms with van der Waals surface area (Å²) in [6, 6.07) is 22.9. The minimum absolute atomic E-state index is 0.00451. The van der Waals surface area contributed by atoms with Crippen molar-refractivity contribution in [3.05, 3.63) is 82.4 Å². The van der Waals surface area contributed by atoms with E-state index in [9.17, 15) is 0 Å². The van der Waals surface area contributed by atoms with Gasteiger partial charge in [-0.05, 0) is 40.6 Å². The molecule has 2 unspecified atom stereocenters. The van der Waals surface area contributed by atoms with Gasteiger partial charge in [0, 0.05) is 0 Å². The zero-order valence-corrected chi connectivity index (χ0v) is 13.0. The van der Waals surface area contributed by atoms with Gasteiger partial charge in [-0.25, -0.2) is 0 Å². The van der Waals surface area contributed by atoms with Crippen LogP contribution in [0, 0.1) is 4.54 Å². The molecule has 114 valence electrons. The van der Waals surface area contributed by atoms with Crippen molar-refractivity contribution in [2.45, 2.75) is 18.6 Å². The van der Waals surface area contributed by atoms with E-state index in [1.54, 1.807) is 7.11 Å². The first kappa shape index (κ1) is 13.9. The molecular weight excluding hydrogens is 286 g/mol. The molecule has 0 saturated heterocycles. The minimum Gasteiger partial charge on any atom is -0.497 e. The molecule has 0 N–H and O–H groups in total. The number of ether oxygens (including phenoxy) is 1. The summed E-state index contributed by atoms with van der Waals surface area (Å²) < 4.78 is 10.9. The molecule has 1 aliphatic heterocycles. The van der Waals surface area contributed by atoms with Crippen molar-refractivity contribution in [2.75, 3.05) is 7.11 Å². The smallest absolute Gasteiger partial charge is 0.342 e. The van der Waals surface area contributed by atoms with Crippen molar-refractivity contribution in [1.29, 1.82) is 0 Å². The Kier molecular flexibility index (Phi) is 3.54. The molecule has 0 fully saturated rings. The molecule has 4 rings (SSSR count). The van der Waals surface area contributed by atoms with E-state index in [2.05, 4.69) is 47.6 Å². The fraction of sp³-hybridized carbons (Fsp3) is 0.200. The molecule has 0 amide bonds. The van der Waals surface area contributed by atoms with Crippen molar-refractivity contribution in [3.63, 3.8) is 0 Å². The van der Waals surface area contributed by atoms with Crippen LogP contribution in [-0.2, 0) is 0 Å². The van der Waals surface area contributed by atoms with Crippen LogP contribution < -0.4 is 4.74 Å². The molecule has 1 aliphatic rings. The average Bonchev–Trinajstić information content (AvgIpc) is 3.11. The highest BCUT2D eigenvalue weighted by Crippen LogP contribution is 2.39. The van der Waals surface area contributed by atoms with Crippen LogP contribution >= 0.6 is 0 Å². The molecule has 0 aliphatic carbocycles. The number of fused-ring (bicyclic) bond motifs is 1. The molecule has 0 bridgehead atoms. The van der Waals surface area contributed by atoms with E-state index in [0.29, 0.717) is 0 Å². The first-order valence-corrected chi connectivity index (χ1v) is 7.83. The number of hydrogen-bond donors (Lipinski definition) is 0. The van der Waals surface area contributed by atoms with Crippen molar-refractivity contribution >= 4 is 10.8 Å². The Bertz CT molecular complexity index is 850. The molecule has 0 radical (unpaired) electrons. The second-order valence-electron chi connectivity index (χ2n) is 5.79. The maximum absolute atomic E-state index is 5.71. The van der Waals surface area contributed by atoms with Crippen LogP contribution in [0.1, 0.15) is 29.7 Å². The van der Waals surface area contributed by atoms with E-state index in [4.69, 9.17) is 9.27 Å². The van der Waals surface area contributed by atoms with Gasteiger partial charge in [-0.3, -0.25) is 0 Å². The highest BCUT2D eigenvalue weighted by Gasteiger charge is 2.37. The largest absolute Gasteiger partial charge is 0.497 e. The first-order valence-electron chi connectivity index (χ1n) is 7.83. The number of rotatable bonds is 3. The van der Waals surface area contributed by atoms with Crippen molar-refractivity contribution in [1.82, 2.24) is 0 Å². The van der Waals surface area contributed by atoms with Gasteiger partial charge in [0.25, 0.3) is 0 Å². The van der Waals surface area contributed by atoms with E-state index in [1.807, 2.05) is 24.3 Å². The quantitative estimate of drug-likeness (QED) is 0.601. The Balaban J connectivity index is 1.61. The van der Waals surface area contributed by atoms with Gasteiger partial charge in [0.2, 0.25) is 0 Å². The summed E-state index contributed by atoms with van der Waals surface area (Å²) in [5, 5.41) is 6.92. The fourth-order valence-corrected chi connectivity index (χ4v) is 3.18. The molecular formula is C20H18NO2+. The third kappa shape index (κ3) is 2.59. The van der Waals surface area contributed by atoms with Crippen LogP contribution in [-0.4, -0.2) is 7.11 Å². The topological polar surface area (TPSA) is 32.9 Å². The molecule has 3 nitrogen and oxygen atoms in total. The molecule has 0 saturated carbocycles. The normalized spacial score (nSPS) is 20.0. The Labute approximate surface area is 135 Å². The van der Waals surface area contributed by atoms with Crippen molar-refractivity contribution in [3.8, 4) is 5.75 Å². The summed E-state index contributed by atoms with van der Waals surface area (Å²) in [6.45, 7) is 0. The van der Waals surface area contributed by atoms with E-state index < -0.39 is 0 Å². The summed E-state index contributed by atoms with van der Waals surface area (Å²) in [4.78, 5) is 0. The zero-order valence-electron chi connectivity index (χ0n) is 13.0. The Morgan fingerprint density at radius 1 is 0.957 bits per heavy atom. The molecule has 3 aromatic carbocycles. The molecule has 3 heteroatoms. The van der Waals surface area contributed by atoms with Crippen LogP contribution in [0.2, 0.25) is 0 Å². The lowest BCUT2D eigenvalue weighted by Gasteiger charge is -2.07. The van der Waals surface area contributed by atoms with Gasteiger partial charge in [0.05, 0.1) is 19.1 Å². The van der Waals surface area contributed by atoms with Gasteiger partial charge < -0.3 is 4.74 Å². The van der Waals surface area contributed by atoms with E-state index >= 15 is 0 Å². The van der Waals surface area contributed by atoms with Gasteiger partial charge in [0.15, 0.2) is 6.04 Å². The Morgan fingerprint density at radius 2 is 1.74 bits per heavy atom. The fourth-order valence-electron chi connectivity index (χ4n) is 3.18. The maximum atomic E-state index is 5.71. The van der Waals surface area contributed by atoms with Crippen molar-refractivity contribution < 1.29 is 4.74 Å². The van der Waals surface area contributed by atoms with E-state index in [0.717, 1.165) is 17.7 Å².